The van der Waals surface area contributed by atoms with E-state index in [9.17, 15) is 13.2 Å². The molecule has 0 heterocycles. The predicted molar refractivity (Wildman–Crippen MR) is 104 cm³/mol. The van der Waals surface area contributed by atoms with E-state index >= 15 is 0 Å². The van der Waals surface area contributed by atoms with E-state index < -0.39 is 10.0 Å². The van der Waals surface area contributed by atoms with E-state index in [4.69, 9.17) is 11.6 Å². The van der Waals surface area contributed by atoms with Crippen LogP contribution in [0, 0.1) is 6.92 Å². The van der Waals surface area contributed by atoms with Gasteiger partial charge < -0.3 is 5.32 Å². The van der Waals surface area contributed by atoms with Crippen LogP contribution in [0.3, 0.4) is 0 Å². The van der Waals surface area contributed by atoms with Crippen molar-refractivity contribution in [3.05, 3.63) is 64.2 Å². The lowest BCUT2D eigenvalue weighted by atomic mass is 10.1. The molecule has 140 valence electrons. The zero-order valence-corrected chi connectivity index (χ0v) is 16.7. The summed E-state index contributed by atoms with van der Waals surface area (Å²) in [4.78, 5) is 12.6. The Hall–Kier alpha value is -1.89. The molecule has 0 spiro atoms. The van der Waals surface area contributed by atoms with E-state index in [0.717, 1.165) is 5.56 Å². The Morgan fingerprint density at radius 1 is 1.08 bits per heavy atom. The molecule has 0 saturated carbocycles. The van der Waals surface area contributed by atoms with Gasteiger partial charge in [0.15, 0.2) is 0 Å². The van der Waals surface area contributed by atoms with Gasteiger partial charge in [0.2, 0.25) is 10.0 Å². The van der Waals surface area contributed by atoms with Gasteiger partial charge in [0.05, 0.1) is 4.90 Å². The molecule has 1 amide bonds. The standard InChI is InChI=1S/C19H23ClN2O3S/c1-4-22(5-2)26(24,25)18-12-16(9-6-14(18)3)19(23)21-13-15-7-10-17(20)11-8-15/h6-12H,4-5,13H2,1-3H3,(H,21,23). The largest absolute Gasteiger partial charge is 0.348 e. The highest BCUT2D eigenvalue weighted by Crippen LogP contribution is 2.21. The molecular weight excluding hydrogens is 372 g/mol. The minimum atomic E-state index is -3.62. The van der Waals surface area contributed by atoms with Crippen LogP contribution in [0.2, 0.25) is 5.02 Å². The summed E-state index contributed by atoms with van der Waals surface area (Å²) < 4.78 is 26.9. The van der Waals surface area contributed by atoms with Gasteiger partial charge in [0, 0.05) is 30.2 Å². The zero-order valence-electron chi connectivity index (χ0n) is 15.1. The number of benzene rings is 2. The van der Waals surface area contributed by atoms with Crippen molar-refractivity contribution in [2.75, 3.05) is 13.1 Å². The maximum atomic E-state index is 12.8. The lowest BCUT2D eigenvalue weighted by Gasteiger charge is -2.20. The third kappa shape index (κ3) is 4.63. The first-order valence-electron chi connectivity index (χ1n) is 8.43. The Balaban J connectivity index is 2.22. The average Bonchev–Trinajstić information content (AvgIpc) is 2.62. The van der Waals surface area contributed by atoms with Crippen molar-refractivity contribution in [1.29, 1.82) is 0 Å². The van der Waals surface area contributed by atoms with Crippen LogP contribution in [0.15, 0.2) is 47.4 Å². The van der Waals surface area contributed by atoms with Gasteiger partial charge in [-0.15, -0.1) is 0 Å². The summed E-state index contributed by atoms with van der Waals surface area (Å²) in [5.41, 5.74) is 1.84. The topological polar surface area (TPSA) is 66.5 Å². The Morgan fingerprint density at radius 3 is 2.27 bits per heavy atom. The fraction of sp³-hybridized carbons (Fsp3) is 0.316. The summed E-state index contributed by atoms with van der Waals surface area (Å²) in [5.74, 6) is -0.323. The normalized spacial score (nSPS) is 11.6. The van der Waals surface area contributed by atoms with Gasteiger partial charge in [0.1, 0.15) is 0 Å². The van der Waals surface area contributed by atoms with E-state index in [1.807, 2.05) is 12.1 Å². The van der Waals surface area contributed by atoms with E-state index in [-0.39, 0.29) is 10.8 Å². The van der Waals surface area contributed by atoms with Crippen LogP contribution in [0.25, 0.3) is 0 Å². The van der Waals surface area contributed by atoms with Crippen LogP contribution in [-0.2, 0) is 16.6 Å². The highest BCUT2D eigenvalue weighted by molar-refractivity contribution is 7.89. The lowest BCUT2D eigenvalue weighted by Crippen LogP contribution is -2.31. The van der Waals surface area contributed by atoms with E-state index in [1.165, 1.54) is 10.4 Å². The van der Waals surface area contributed by atoms with Gasteiger partial charge >= 0.3 is 0 Å². The number of rotatable bonds is 7. The van der Waals surface area contributed by atoms with Crippen LogP contribution in [-0.4, -0.2) is 31.7 Å². The lowest BCUT2D eigenvalue weighted by molar-refractivity contribution is 0.0950. The average molecular weight is 395 g/mol. The van der Waals surface area contributed by atoms with Gasteiger partial charge in [-0.1, -0.05) is 43.6 Å². The molecule has 2 rings (SSSR count). The molecule has 7 heteroatoms. The molecule has 0 fully saturated rings. The number of halogens is 1. The summed E-state index contributed by atoms with van der Waals surface area (Å²) in [5, 5.41) is 3.43. The summed E-state index contributed by atoms with van der Waals surface area (Å²) >= 11 is 5.85. The van der Waals surface area contributed by atoms with E-state index in [1.54, 1.807) is 45.0 Å². The highest BCUT2D eigenvalue weighted by Gasteiger charge is 2.24. The summed E-state index contributed by atoms with van der Waals surface area (Å²) in [6.45, 7) is 6.41. The van der Waals surface area contributed by atoms with Gasteiger partial charge in [0.25, 0.3) is 5.91 Å². The first kappa shape index (κ1) is 20.4. The molecule has 0 saturated heterocycles. The number of carbonyl (C=O) groups is 1. The quantitative estimate of drug-likeness (QED) is 0.780. The van der Waals surface area contributed by atoms with Crippen molar-refractivity contribution in [2.45, 2.75) is 32.2 Å². The fourth-order valence-corrected chi connectivity index (χ4v) is 4.44. The van der Waals surface area contributed by atoms with E-state index in [2.05, 4.69) is 5.32 Å². The summed E-state index contributed by atoms with van der Waals surface area (Å²) in [6.07, 6.45) is 0. The number of amides is 1. The molecular formula is C19H23ClN2O3S. The maximum Gasteiger partial charge on any atom is 0.251 e. The Morgan fingerprint density at radius 2 is 1.69 bits per heavy atom. The van der Waals surface area contributed by atoms with Gasteiger partial charge in [-0.05, 0) is 42.3 Å². The summed E-state index contributed by atoms with van der Waals surface area (Å²) in [6, 6.07) is 11.9. The van der Waals surface area contributed by atoms with Crippen LogP contribution in [0.5, 0.6) is 0 Å². The maximum absolute atomic E-state index is 12.8. The van der Waals surface area contributed by atoms with Crippen LogP contribution < -0.4 is 5.32 Å². The number of hydrogen-bond donors (Lipinski definition) is 1. The zero-order chi connectivity index (χ0) is 19.3. The van der Waals surface area contributed by atoms with Crippen molar-refractivity contribution in [2.24, 2.45) is 0 Å². The molecule has 0 aromatic heterocycles. The molecule has 26 heavy (non-hydrogen) atoms. The third-order valence-corrected chi connectivity index (χ3v) is 6.58. The molecule has 0 aliphatic rings. The molecule has 1 N–H and O–H groups in total. The number of aryl methyl sites for hydroxylation is 1. The van der Waals surface area contributed by atoms with Crippen molar-refractivity contribution in [3.8, 4) is 0 Å². The Bertz CT molecular complexity index is 876. The number of sulfonamides is 1. The van der Waals surface area contributed by atoms with Crippen LogP contribution >= 0.6 is 11.6 Å². The van der Waals surface area contributed by atoms with Crippen LogP contribution in [0.4, 0.5) is 0 Å². The third-order valence-electron chi connectivity index (χ3n) is 4.14. The molecule has 0 radical (unpaired) electrons. The van der Waals surface area contributed by atoms with Gasteiger partial charge in [-0.2, -0.15) is 4.31 Å². The molecule has 0 aliphatic carbocycles. The van der Waals surface area contributed by atoms with Crippen molar-refractivity contribution in [1.82, 2.24) is 9.62 Å². The fourth-order valence-electron chi connectivity index (χ4n) is 2.61. The predicted octanol–water partition coefficient (Wildman–Crippen LogP) is 3.61. The smallest absolute Gasteiger partial charge is 0.251 e. The number of carbonyl (C=O) groups excluding carboxylic acids is 1. The second-order valence-corrected chi connectivity index (χ2v) is 8.22. The van der Waals surface area contributed by atoms with Gasteiger partial charge in [-0.3, -0.25) is 4.79 Å². The molecule has 2 aromatic carbocycles. The second kappa shape index (κ2) is 8.66. The van der Waals surface area contributed by atoms with Crippen molar-refractivity contribution >= 4 is 27.5 Å². The molecule has 0 aliphatic heterocycles. The molecule has 0 atom stereocenters. The minimum Gasteiger partial charge on any atom is -0.348 e. The second-order valence-electron chi connectivity index (χ2n) is 5.88. The monoisotopic (exact) mass is 394 g/mol. The first-order chi connectivity index (χ1) is 12.3. The number of nitrogens with zero attached hydrogens (tertiary/aromatic N) is 1. The Labute approximate surface area is 160 Å². The first-order valence-corrected chi connectivity index (χ1v) is 10.2. The molecule has 5 nitrogen and oxygen atoms in total. The van der Waals surface area contributed by atoms with Crippen molar-refractivity contribution in [3.63, 3.8) is 0 Å². The molecule has 0 unspecified atom stereocenters. The number of hydrogen-bond acceptors (Lipinski definition) is 3. The minimum absolute atomic E-state index is 0.167. The number of nitrogens with one attached hydrogen (secondary N) is 1. The molecule has 2 aromatic rings. The van der Waals surface area contributed by atoms with Crippen LogP contribution in [0.1, 0.15) is 35.3 Å². The molecule has 0 bridgehead atoms. The van der Waals surface area contributed by atoms with Crippen molar-refractivity contribution < 1.29 is 13.2 Å². The highest BCUT2D eigenvalue weighted by atomic mass is 35.5. The Kier molecular flexibility index (Phi) is 6.81. The van der Waals surface area contributed by atoms with E-state index in [0.29, 0.717) is 35.8 Å². The summed E-state index contributed by atoms with van der Waals surface area (Å²) in [7, 11) is -3.62. The van der Waals surface area contributed by atoms with Gasteiger partial charge in [-0.25, -0.2) is 8.42 Å². The SMILES string of the molecule is CCN(CC)S(=O)(=O)c1cc(C(=O)NCc2ccc(Cl)cc2)ccc1C.